The number of carbonyl (C=O) groups is 1. The average Bonchev–Trinajstić information content (AvgIpc) is 2.93. The first-order valence-corrected chi connectivity index (χ1v) is 9.06. The molecule has 2 rings (SSSR count). The number of ether oxygens (including phenoxy) is 2. The molecule has 0 spiro atoms. The summed E-state index contributed by atoms with van der Waals surface area (Å²) in [6.07, 6.45) is 2.01. The van der Waals surface area contributed by atoms with Gasteiger partial charge in [0, 0.05) is 19.6 Å². The highest BCUT2D eigenvalue weighted by molar-refractivity contribution is 5.68. The molecule has 1 amide bonds. The number of carbonyl (C=O) groups excluding carboxylic acids is 1. The Labute approximate surface area is 150 Å². The van der Waals surface area contributed by atoms with E-state index in [9.17, 15) is 9.18 Å². The minimum absolute atomic E-state index is 0.132. The van der Waals surface area contributed by atoms with Gasteiger partial charge in [0.25, 0.3) is 0 Å². The highest BCUT2D eigenvalue weighted by atomic mass is 19.1. The van der Waals surface area contributed by atoms with E-state index >= 15 is 0 Å². The summed E-state index contributed by atoms with van der Waals surface area (Å²) in [5.74, 6) is 0. The third-order valence-corrected chi connectivity index (χ3v) is 4.23. The fourth-order valence-electron chi connectivity index (χ4n) is 2.93. The molecule has 140 valence electrons. The summed E-state index contributed by atoms with van der Waals surface area (Å²) in [5, 5.41) is 0. The molecule has 1 fully saturated rings. The highest BCUT2D eigenvalue weighted by Crippen LogP contribution is 2.31. The van der Waals surface area contributed by atoms with Gasteiger partial charge in [0.15, 0.2) is 0 Å². The lowest BCUT2D eigenvalue weighted by Gasteiger charge is -2.25. The minimum Gasteiger partial charge on any atom is -0.444 e. The van der Waals surface area contributed by atoms with Gasteiger partial charge >= 0.3 is 6.09 Å². The van der Waals surface area contributed by atoms with Crippen LogP contribution >= 0.6 is 0 Å². The van der Waals surface area contributed by atoms with Gasteiger partial charge in [-0.1, -0.05) is 30.3 Å². The molecule has 1 aromatic carbocycles. The van der Waals surface area contributed by atoms with E-state index in [-0.39, 0.29) is 6.54 Å². The monoisotopic (exact) mass is 351 g/mol. The lowest BCUT2D eigenvalue weighted by Crippen LogP contribution is -2.37. The standard InChI is InChI=1S/C20H30FNO3/c1-19(2,3)25-18(23)22-13-12-20(21,16-22)11-7-8-14-24-15-17-9-5-4-6-10-17/h4-6,9-10H,7-8,11-16H2,1-3H3/t20-/m0/s1. The Morgan fingerprint density at radius 3 is 2.64 bits per heavy atom. The zero-order chi connectivity index (χ0) is 18.3. The predicted octanol–water partition coefficient (Wildman–Crippen LogP) is 4.72. The van der Waals surface area contributed by atoms with Crippen molar-refractivity contribution in [3.8, 4) is 0 Å². The van der Waals surface area contributed by atoms with Crippen LogP contribution in [0.5, 0.6) is 0 Å². The lowest BCUT2D eigenvalue weighted by molar-refractivity contribution is 0.0252. The van der Waals surface area contributed by atoms with Crippen LogP contribution in [0.15, 0.2) is 30.3 Å². The number of likely N-dealkylation sites (tertiary alicyclic amines) is 1. The maximum absolute atomic E-state index is 14.8. The molecule has 1 heterocycles. The molecular formula is C20H30FNO3. The number of nitrogens with zero attached hydrogens (tertiary/aromatic N) is 1. The van der Waals surface area contributed by atoms with Gasteiger partial charge in [-0.15, -0.1) is 0 Å². The molecule has 0 radical (unpaired) electrons. The number of rotatable bonds is 7. The summed E-state index contributed by atoms with van der Waals surface area (Å²) in [6.45, 7) is 7.23. The van der Waals surface area contributed by atoms with Crippen LogP contribution in [0.1, 0.15) is 52.0 Å². The number of hydrogen-bond acceptors (Lipinski definition) is 3. The molecule has 1 aliphatic heterocycles. The molecule has 5 heteroatoms. The second-order valence-electron chi connectivity index (χ2n) is 7.80. The third-order valence-electron chi connectivity index (χ3n) is 4.23. The van der Waals surface area contributed by atoms with Crippen LogP contribution in [-0.2, 0) is 16.1 Å². The Morgan fingerprint density at radius 1 is 1.24 bits per heavy atom. The first-order chi connectivity index (χ1) is 11.8. The Morgan fingerprint density at radius 2 is 1.96 bits per heavy atom. The normalized spacial score (nSPS) is 20.7. The second-order valence-corrected chi connectivity index (χ2v) is 7.80. The largest absolute Gasteiger partial charge is 0.444 e. The molecule has 25 heavy (non-hydrogen) atoms. The number of unbranched alkanes of at least 4 members (excludes halogenated alkanes) is 1. The van der Waals surface area contributed by atoms with Crippen molar-refractivity contribution < 1.29 is 18.7 Å². The van der Waals surface area contributed by atoms with Gasteiger partial charge < -0.3 is 14.4 Å². The Balaban J connectivity index is 1.61. The summed E-state index contributed by atoms with van der Waals surface area (Å²) >= 11 is 0. The van der Waals surface area contributed by atoms with Crippen LogP contribution < -0.4 is 0 Å². The van der Waals surface area contributed by atoms with Crippen molar-refractivity contribution in [1.82, 2.24) is 4.90 Å². The van der Waals surface area contributed by atoms with Gasteiger partial charge in [-0.25, -0.2) is 9.18 Å². The number of benzene rings is 1. The molecular weight excluding hydrogens is 321 g/mol. The molecule has 0 saturated carbocycles. The van der Waals surface area contributed by atoms with E-state index in [2.05, 4.69) is 0 Å². The van der Waals surface area contributed by atoms with Gasteiger partial charge in [-0.05, 0) is 45.6 Å². The number of alkyl halides is 1. The van der Waals surface area contributed by atoms with Crippen molar-refractivity contribution in [3.05, 3.63) is 35.9 Å². The molecule has 1 saturated heterocycles. The van der Waals surface area contributed by atoms with E-state index < -0.39 is 17.4 Å². The molecule has 0 aromatic heterocycles. The van der Waals surface area contributed by atoms with Crippen LogP contribution in [0.3, 0.4) is 0 Å². The summed E-state index contributed by atoms with van der Waals surface area (Å²) in [7, 11) is 0. The second kappa shape index (κ2) is 8.65. The van der Waals surface area contributed by atoms with Crippen molar-refractivity contribution in [3.63, 3.8) is 0 Å². The molecule has 1 aromatic rings. The third kappa shape index (κ3) is 7.02. The topological polar surface area (TPSA) is 38.8 Å². The zero-order valence-corrected chi connectivity index (χ0v) is 15.6. The first kappa shape index (κ1) is 19.7. The van der Waals surface area contributed by atoms with E-state index in [0.29, 0.717) is 32.6 Å². The SMILES string of the molecule is CC(C)(C)OC(=O)N1CC[C@@](F)(CCCCOCc2ccccc2)C1. The van der Waals surface area contributed by atoms with Crippen molar-refractivity contribution in [2.45, 2.75) is 64.3 Å². The van der Waals surface area contributed by atoms with Gasteiger partial charge in [0.1, 0.15) is 11.3 Å². The van der Waals surface area contributed by atoms with Crippen molar-refractivity contribution in [1.29, 1.82) is 0 Å². The summed E-state index contributed by atoms with van der Waals surface area (Å²) in [6, 6.07) is 10.0. The fraction of sp³-hybridized carbons (Fsp3) is 0.650. The Hall–Kier alpha value is -1.62. The van der Waals surface area contributed by atoms with Crippen LogP contribution in [0, 0.1) is 0 Å². The maximum Gasteiger partial charge on any atom is 0.410 e. The highest BCUT2D eigenvalue weighted by Gasteiger charge is 2.40. The van der Waals surface area contributed by atoms with Crippen LogP contribution in [0.4, 0.5) is 9.18 Å². The van der Waals surface area contributed by atoms with Gasteiger partial charge in [0.05, 0.1) is 13.2 Å². The van der Waals surface area contributed by atoms with E-state index in [1.165, 1.54) is 4.90 Å². The molecule has 0 bridgehead atoms. The van der Waals surface area contributed by atoms with E-state index in [1.807, 2.05) is 51.1 Å². The van der Waals surface area contributed by atoms with Crippen molar-refractivity contribution in [2.24, 2.45) is 0 Å². The van der Waals surface area contributed by atoms with Crippen LogP contribution in [0.2, 0.25) is 0 Å². The summed E-state index contributed by atoms with van der Waals surface area (Å²) < 4.78 is 25.8. The Bertz CT molecular complexity index is 544. The minimum atomic E-state index is -1.30. The predicted molar refractivity (Wildman–Crippen MR) is 96.2 cm³/mol. The molecule has 1 aliphatic rings. The summed E-state index contributed by atoms with van der Waals surface area (Å²) in [4.78, 5) is 13.5. The van der Waals surface area contributed by atoms with E-state index in [4.69, 9.17) is 9.47 Å². The Kier molecular flexibility index (Phi) is 6.82. The molecule has 1 atom stereocenters. The number of amides is 1. The molecule has 0 unspecified atom stereocenters. The van der Waals surface area contributed by atoms with Crippen LogP contribution in [-0.4, -0.2) is 42.0 Å². The van der Waals surface area contributed by atoms with E-state index in [1.54, 1.807) is 0 Å². The molecule has 0 aliphatic carbocycles. The van der Waals surface area contributed by atoms with Crippen molar-refractivity contribution >= 4 is 6.09 Å². The van der Waals surface area contributed by atoms with Gasteiger partial charge in [-0.3, -0.25) is 0 Å². The molecule has 4 nitrogen and oxygen atoms in total. The maximum atomic E-state index is 14.8. The van der Waals surface area contributed by atoms with Gasteiger partial charge in [0.2, 0.25) is 0 Å². The number of hydrogen-bond donors (Lipinski definition) is 0. The van der Waals surface area contributed by atoms with E-state index in [0.717, 1.165) is 18.4 Å². The first-order valence-electron chi connectivity index (χ1n) is 9.06. The quantitative estimate of drug-likeness (QED) is 0.667. The lowest BCUT2D eigenvalue weighted by atomic mass is 9.98. The van der Waals surface area contributed by atoms with Gasteiger partial charge in [-0.2, -0.15) is 0 Å². The van der Waals surface area contributed by atoms with Crippen molar-refractivity contribution in [2.75, 3.05) is 19.7 Å². The summed E-state index contributed by atoms with van der Waals surface area (Å²) in [5.41, 5.74) is -0.696. The smallest absolute Gasteiger partial charge is 0.410 e. The average molecular weight is 351 g/mol. The number of halogens is 1. The van der Waals surface area contributed by atoms with Crippen LogP contribution in [0.25, 0.3) is 0 Å². The zero-order valence-electron chi connectivity index (χ0n) is 15.6. The molecule has 0 N–H and O–H groups in total. The fourth-order valence-corrected chi connectivity index (χ4v) is 2.93.